The Morgan fingerprint density at radius 2 is 2.15 bits per heavy atom. The van der Waals surface area contributed by atoms with E-state index in [4.69, 9.17) is 11.6 Å². The number of carbonyl (C=O) groups is 1. The van der Waals surface area contributed by atoms with Crippen molar-refractivity contribution in [2.45, 2.75) is 26.7 Å². The summed E-state index contributed by atoms with van der Waals surface area (Å²) in [4.78, 5) is 11.3. The van der Waals surface area contributed by atoms with Gasteiger partial charge in [0.1, 0.15) is 0 Å². The maximum atomic E-state index is 11.3. The van der Waals surface area contributed by atoms with Crippen molar-refractivity contribution in [3.63, 3.8) is 0 Å². The summed E-state index contributed by atoms with van der Waals surface area (Å²) in [6, 6.07) is 7.54. The van der Waals surface area contributed by atoms with E-state index in [2.05, 4.69) is 9.84 Å². The normalized spacial score (nSPS) is 10.6. The second-order valence-corrected chi connectivity index (χ2v) is 5.05. The first kappa shape index (κ1) is 14.6. The van der Waals surface area contributed by atoms with Crippen LogP contribution in [0.3, 0.4) is 0 Å². The van der Waals surface area contributed by atoms with Gasteiger partial charge in [-0.2, -0.15) is 5.10 Å². The molecule has 1 aromatic heterocycles. The van der Waals surface area contributed by atoms with Crippen LogP contribution in [-0.2, 0) is 16.0 Å². The van der Waals surface area contributed by atoms with E-state index in [9.17, 15) is 4.79 Å². The van der Waals surface area contributed by atoms with Gasteiger partial charge in [0.15, 0.2) is 0 Å². The third kappa shape index (κ3) is 3.02. The number of ether oxygens (including phenoxy) is 1. The highest BCUT2D eigenvalue weighted by molar-refractivity contribution is 6.30. The van der Waals surface area contributed by atoms with Crippen molar-refractivity contribution in [2.75, 3.05) is 7.11 Å². The van der Waals surface area contributed by atoms with Crippen LogP contribution in [0.4, 0.5) is 0 Å². The first-order valence-corrected chi connectivity index (χ1v) is 6.78. The lowest BCUT2D eigenvalue weighted by atomic mass is 10.1. The molecule has 106 valence electrons. The molecule has 0 radical (unpaired) electrons. The van der Waals surface area contributed by atoms with E-state index >= 15 is 0 Å². The molecule has 0 unspecified atom stereocenters. The fourth-order valence-electron chi connectivity index (χ4n) is 2.23. The minimum atomic E-state index is -0.209. The fourth-order valence-corrected chi connectivity index (χ4v) is 2.41. The Hall–Kier alpha value is -1.81. The van der Waals surface area contributed by atoms with Gasteiger partial charge in [-0.3, -0.25) is 4.79 Å². The molecule has 0 N–H and O–H groups in total. The molecular formula is C15H17ClN2O2. The van der Waals surface area contributed by atoms with Crippen LogP contribution >= 0.6 is 11.6 Å². The second kappa shape index (κ2) is 6.09. The highest BCUT2D eigenvalue weighted by Gasteiger charge is 2.14. The van der Waals surface area contributed by atoms with Crippen molar-refractivity contribution >= 4 is 17.6 Å². The maximum Gasteiger partial charge on any atom is 0.305 e. The molecule has 0 aliphatic heterocycles. The number of aromatic nitrogens is 2. The summed E-state index contributed by atoms with van der Waals surface area (Å²) in [5, 5.41) is 5.20. The lowest BCUT2D eigenvalue weighted by molar-refractivity contribution is -0.140. The summed E-state index contributed by atoms with van der Waals surface area (Å²) < 4.78 is 6.53. The number of methoxy groups -OCH3 is 1. The lowest BCUT2D eigenvalue weighted by Gasteiger charge is -2.06. The molecule has 0 fully saturated rings. The number of carbonyl (C=O) groups excluding carboxylic acids is 1. The monoisotopic (exact) mass is 292 g/mol. The zero-order valence-electron chi connectivity index (χ0n) is 11.8. The average molecular weight is 293 g/mol. The SMILES string of the molecule is COC(=O)CCc1c(C)nn(-c2cccc(Cl)c2)c1C. The molecule has 4 nitrogen and oxygen atoms in total. The summed E-state index contributed by atoms with van der Waals surface area (Å²) >= 11 is 6.01. The Bertz CT molecular complexity index is 635. The van der Waals surface area contributed by atoms with Crippen molar-refractivity contribution in [3.05, 3.63) is 46.2 Å². The van der Waals surface area contributed by atoms with E-state index in [-0.39, 0.29) is 5.97 Å². The van der Waals surface area contributed by atoms with Gasteiger partial charge < -0.3 is 4.74 Å². The van der Waals surface area contributed by atoms with Crippen LogP contribution < -0.4 is 0 Å². The number of halogens is 1. The zero-order valence-corrected chi connectivity index (χ0v) is 12.6. The van der Waals surface area contributed by atoms with Gasteiger partial charge in [-0.15, -0.1) is 0 Å². The smallest absolute Gasteiger partial charge is 0.305 e. The van der Waals surface area contributed by atoms with Gasteiger partial charge in [0.25, 0.3) is 0 Å². The largest absolute Gasteiger partial charge is 0.469 e. The summed E-state index contributed by atoms with van der Waals surface area (Å²) in [5.74, 6) is -0.209. The van der Waals surface area contributed by atoms with E-state index < -0.39 is 0 Å². The van der Waals surface area contributed by atoms with Crippen molar-refractivity contribution in [1.82, 2.24) is 9.78 Å². The highest BCUT2D eigenvalue weighted by Crippen LogP contribution is 2.21. The van der Waals surface area contributed by atoms with E-state index in [0.29, 0.717) is 17.9 Å². The lowest BCUT2D eigenvalue weighted by Crippen LogP contribution is -2.03. The van der Waals surface area contributed by atoms with Crippen molar-refractivity contribution in [3.8, 4) is 5.69 Å². The first-order chi connectivity index (χ1) is 9.52. The molecule has 0 aliphatic carbocycles. The van der Waals surface area contributed by atoms with Gasteiger partial charge in [-0.1, -0.05) is 17.7 Å². The van der Waals surface area contributed by atoms with Crippen LogP contribution in [0.5, 0.6) is 0 Å². The summed E-state index contributed by atoms with van der Waals surface area (Å²) in [6.07, 6.45) is 0.990. The molecule has 0 aliphatic rings. The topological polar surface area (TPSA) is 44.1 Å². The number of nitrogens with zero attached hydrogens (tertiary/aromatic N) is 2. The second-order valence-electron chi connectivity index (χ2n) is 4.62. The van der Waals surface area contributed by atoms with Gasteiger partial charge >= 0.3 is 5.97 Å². The predicted molar refractivity (Wildman–Crippen MR) is 78.4 cm³/mol. The van der Waals surface area contributed by atoms with Gasteiger partial charge in [0, 0.05) is 17.1 Å². The number of aryl methyl sites for hydroxylation is 1. The molecule has 2 aromatic rings. The Morgan fingerprint density at radius 1 is 1.40 bits per heavy atom. The van der Waals surface area contributed by atoms with E-state index in [1.54, 1.807) is 0 Å². The molecule has 0 bridgehead atoms. The fraction of sp³-hybridized carbons (Fsp3) is 0.333. The van der Waals surface area contributed by atoms with Crippen LogP contribution in [0.1, 0.15) is 23.4 Å². The molecule has 20 heavy (non-hydrogen) atoms. The minimum Gasteiger partial charge on any atom is -0.469 e. The van der Waals surface area contributed by atoms with Gasteiger partial charge in [0.05, 0.1) is 18.5 Å². The molecule has 0 saturated carbocycles. The van der Waals surface area contributed by atoms with Crippen LogP contribution in [0.2, 0.25) is 5.02 Å². The third-order valence-corrected chi connectivity index (χ3v) is 3.54. The van der Waals surface area contributed by atoms with Gasteiger partial charge in [0.2, 0.25) is 0 Å². The van der Waals surface area contributed by atoms with Crippen LogP contribution in [0, 0.1) is 13.8 Å². The summed E-state index contributed by atoms with van der Waals surface area (Å²) in [7, 11) is 1.40. The first-order valence-electron chi connectivity index (χ1n) is 6.40. The van der Waals surface area contributed by atoms with E-state index in [0.717, 1.165) is 22.6 Å². The zero-order chi connectivity index (χ0) is 14.7. The molecule has 0 amide bonds. The predicted octanol–water partition coefficient (Wildman–Crippen LogP) is 3.25. The number of rotatable bonds is 4. The standard InChI is InChI=1S/C15H17ClN2O2/c1-10-14(7-8-15(19)20-3)11(2)18(17-10)13-6-4-5-12(16)9-13/h4-6,9H,7-8H2,1-3H3. The van der Waals surface area contributed by atoms with Crippen molar-refractivity contribution in [1.29, 1.82) is 0 Å². The van der Waals surface area contributed by atoms with Crippen molar-refractivity contribution in [2.24, 2.45) is 0 Å². The molecule has 1 aromatic carbocycles. The molecule has 0 atom stereocenters. The highest BCUT2D eigenvalue weighted by atomic mass is 35.5. The van der Waals surface area contributed by atoms with Gasteiger partial charge in [-0.25, -0.2) is 4.68 Å². The van der Waals surface area contributed by atoms with E-state index in [1.807, 2.05) is 42.8 Å². The Balaban J connectivity index is 2.31. The van der Waals surface area contributed by atoms with Crippen LogP contribution in [0.15, 0.2) is 24.3 Å². The summed E-state index contributed by atoms with van der Waals surface area (Å²) in [5.41, 5.74) is 3.94. The Kier molecular flexibility index (Phi) is 4.45. The molecule has 5 heteroatoms. The molecule has 1 heterocycles. The van der Waals surface area contributed by atoms with E-state index in [1.165, 1.54) is 7.11 Å². The summed E-state index contributed by atoms with van der Waals surface area (Å²) in [6.45, 7) is 3.94. The van der Waals surface area contributed by atoms with Crippen molar-refractivity contribution < 1.29 is 9.53 Å². The molecule has 2 rings (SSSR count). The number of benzene rings is 1. The molecule has 0 saturated heterocycles. The van der Waals surface area contributed by atoms with Crippen LogP contribution in [-0.4, -0.2) is 22.9 Å². The molecular weight excluding hydrogens is 276 g/mol. The Labute approximate surface area is 123 Å². The quantitative estimate of drug-likeness (QED) is 0.813. The Morgan fingerprint density at radius 3 is 2.80 bits per heavy atom. The number of esters is 1. The average Bonchev–Trinajstić information content (AvgIpc) is 2.71. The minimum absolute atomic E-state index is 0.209. The van der Waals surface area contributed by atoms with Crippen LogP contribution in [0.25, 0.3) is 5.69 Å². The number of hydrogen-bond acceptors (Lipinski definition) is 3. The van der Waals surface area contributed by atoms with Gasteiger partial charge in [-0.05, 0) is 44.0 Å². The number of hydrogen-bond donors (Lipinski definition) is 0. The molecule has 0 spiro atoms. The maximum absolute atomic E-state index is 11.3. The third-order valence-electron chi connectivity index (χ3n) is 3.30.